The van der Waals surface area contributed by atoms with Crippen LogP contribution in [0.3, 0.4) is 0 Å². The Morgan fingerprint density at radius 3 is 2.75 bits per heavy atom. The van der Waals surface area contributed by atoms with Crippen molar-refractivity contribution in [1.29, 1.82) is 0 Å². The number of hydrogen-bond acceptors (Lipinski definition) is 2. The number of nitrogens with zero attached hydrogens (tertiary/aromatic N) is 1. The summed E-state index contributed by atoms with van der Waals surface area (Å²) < 4.78 is 0. The number of aliphatic carboxylic acids is 1. The molecule has 1 unspecified atom stereocenters. The Labute approximate surface area is 142 Å². The van der Waals surface area contributed by atoms with Crippen LogP contribution in [0.2, 0.25) is 0 Å². The Balaban J connectivity index is 1.66. The van der Waals surface area contributed by atoms with Crippen LogP contribution < -0.4 is 0 Å². The minimum atomic E-state index is -0.755. The summed E-state index contributed by atoms with van der Waals surface area (Å²) in [5.74, 6) is -0.299. The first-order valence-electron chi connectivity index (χ1n) is 8.59. The molecule has 2 aromatic carbocycles. The summed E-state index contributed by atoms with van der Waals surface area (Å²) in [5.41, 5.74) is 1.06. The number of carboxylic acids is 1. The second kappa shape index (κ2) is 7.47. The van der Waals surface area contributed by atoms with E-state index < -0.39 is 5.97 Å². The Morgan fingerprint density at radius 1 is 1.12 bits per heavy atom. The van der Waals surface area contributed by atoms with E-state index in [0.717, 1.165) is 35.7 Å². The van der Waals surface area contributed by atoms with E-state index in [2.05, 4.69) is 18.2 Å². The first kappa shape index (κ1) is 16.5. The van der Waals surface area contributed by atoms with Crippen LogP contribution in [0, 0.1) is 5.92 Å². The quantitative estimate of drug-likeness (QED) is 0.915. The Morgan fingerprint density at radius 2 is 1.92 bits per heavy atom. The van der Waals surface area contributed by atoms with Gasteiger partial charge in [0.1, 0.15) is 0 Å². The summed E-state index contributed by atoms with van der Waals surface area (Å²) in [7, 11) is 0. The number of likely N-dealkylation sites (tertiary alicyclic amines) is 1. The van der Waals surface area contributed by atoms with Crippen molar-refractivity contribution in [3.8, 4) is 0 Å². The predicted molar refractivity (Wildman–Crippen MR) is 93.8 cm³/mol. The molecule has 4 nitrogen and oxygen atoms in total. The second-order valence-corrected chi connectivity index (χ2v) is 6.60. The maximum Gasteiger partial charge on any atom is 0.303 e. The minimum Gasteiger partial charge on any atom is -0.481 e. The standard InChI is InChI=1S/C20H23NO3/c22-19(21-12-4-5-15(14-21)10-11-20(23)24)13-17-8-3-7-16-6-1-2-9-18(16)17/h1-3,6-9,15H,4-5,10-14H2,(H,23,24). The summed E-state index contributed by atoms with van der Waals surface area (Å²) in [6.45, 7) is 1.48. The van der Waals surface area contributed by atoms with Gasteiger partial charge in [-0.25, -0.2) is 0 Å². The van der Waals surface area contributed by atoms with E-state index in [1.807, 2.05) is 29.2 Å². The molecular formula is C20H23NO3. The molecule has 0 aromatic heterocycles. The van der Waals surface area contributed by atoms with Crippen LogP contribution in [0.15, 0.2) is 42.5 Å². The largest absolute Gasteiger partial charge is 0.481 e. The number of hydrogen-bond donors (Lipinski definition) is 1. The number of carbonyl (C=O) groups excluding carboxylic acids is 1. The average molecular weight is 325 g/mol. The molecule has 1 fully saturated rings. The number of carboxylic acid groups (broad SMARTS) is 1. The smallest absolute Gasteiger partial charge is 0.303 e. The van der Waals surface area contributed by atoms with Crippen LogP contribution in [-0.2, 0) is 16.0 Å². The molecule has 1 aliphatic heterocycles. The first-order chi connectivity index (χ1) is 11.6. The number of carbonyl (C=O) groups is 2. The lowest BCUT2D eigenvalue weighted by Gasteiger charge is -2.33. The number of fused-ring (bicyclic) bond motifs is 1. The van der Waals surface area contributed by atoms with Crippen LogP contribution in [0.25, 0.3) is 10.8 Å². The summed E-state index contributed by atoms with van der Waals surface area (Å²) in [6.07, 6.45) is 3.24. The minimum absolute atomic E-state index is 0.145. The molecule has 1 atom stereocenters. The van der Waals surface area contributed by atoms with E-state index in [-0.39, 0.29) is 12.3 Å². The van der Waals surface area contributed by atoms with E-state index in [0.29, 0.717) is 25.3 Å². The molecule has 2 aromatic rings. The molecule has 3 rings (SSSR count). The van der Waals surface area contributed by atoms with Crippen molar-refractivity contribution in [3.05, 3.63) is 48.0 Å². The summed E-state index contributed by atoms with van der Waals surface area (Å²) in [4.78, 5) is 25.4. The van der Waals surface area contributed by atoms with Gasteiger partial charge in [-0.1, -0.05) is 42.5 Å². The topological polar surface area (TPSA) is 57.6 Å². The predicted octanol–water partition coefficient (Wildman–Crippen LogP) is 3.49. The van der Waals surface area contributed by atoms with Crippen LogP contribution in [0.1, 0.15) is 31.2 Å². The maximum absolute atomic E-state index is 12.7. The van der Waals surface area contributed by atoms with Crippen molar-refractivity contribution in [3.63, 3.8) is 0 Å². The van der Waals surface area contributed by atoms with E-state index in [1.54, 1.807) is 0 Å². The molecule has 1 N–H and O–H groups in total. The van der Waals surface area contributed by atoms with Crippen molar-refractivity contribution < 1.29 is 14.7 Å². The molecule has 24 heavy (non-hydrogen) atoms. The second-order valence-electron chi connectivity index (χ2n) is 6.60. The molecule has 0 spiro atoms. The van der Waals surface area contributed by atoms with Gasteiger partial charge in [0.05, 0.1) is 6.42 Å². The van der Waals surface area contributed by atoms with E-state index in [4.69, 9.17) is 5.11 Å². The van der Waals surface area contributed by atoms with Crippen LogP contribution >= 0.6 is 0 Å². The summed E-state index contributed by atoms with van der Waals surface area (Å²) >= 11 is 0. The molecule has 0 aliphatic carbocycles. The molecule has 1 heterocycles. The fraction of sp³-hybridized carbons (Fsp3) is 0.400. The van der Waals surface area contributed by atoms with Gasteiger partial charge in [0.25, 0.3) is 0 Å². The van der Waals surface area contributed by atoms with E-state index in [9.17, 15) is 9.59 Å². The molecule has 1 saturated heterocycles. The van der Waals surface area contributed by atoms with Gasteiger partial charge in [-0.05, 0) is 41.5 Å². The van der Waals surface area contributed by atoms with Crippen molar-refractivity contribution in [2.45, 2.75) is 32.1 Å². The van der Waals surface area contributed by atoms with Crippen LogP contribution in [-0.4, -0.2) is 35.0 Å². The number of amides is 1. The zero-order chi connectivity index (χ0) is 16.9. The van der Waals surface area contributed by atoms with Crippen molar-refractivity contribution in [1.82, 2.24) is 4.90 Å². The third kappa shape index (κ3) is 3.94. The lowest BCUT2D eigenvalue weighted by Crippen LogP contribution is -2.40. The van der Waals surface area contributed by atoms with Gasteiger partial charge in [-0.15, -0.1) is 0 Å². The average Bonchev–Trinajstić information content (AvgIpc) is 2.60. The van der Waals surface area contributed by atoms with Gasteiger partial charge in [0.15, 0.2) is 0 Å². The van der Waals surface area contributed by atoms with Gasteiger partial charge in [-0.2, -0.15) is 0 Å². The zero-order valence-corrected chi connectivity index (χ0v) is 13.8. The highest BCUT2D eigenvalue weighted by molar-refractivity contribution is 5.90. The van der Waals surface area contributed by atoms with Crippen LogP contribution in [0.4, 0.5) is 0 Å². The monoisotopic (exact) mass is 325 g/mol. The Kier molecular flexibility index (Phi) is 5.14. The fourth-order valence-corrected chi connectivity index (χ4v) is 3.58. The van der Waals surface area contributed by atoms with Gasteiger partial charge >= 0.3 is 5.97 Å². The number of rotatable bonds is 5. The molecule has 4 heteroatoms. The maximum atomic E-state index is 12.7. The third-order valence-electron chi connectivity index (χ3n) is 4.86. The SMILES string of the molecule is O=C(O)CCC1CCCN(C(=O)Cc2cccc3ccccc23)C1. The normalized spacial score (nSPS) is 17.8. The molecule has 0 radical (unpaired) electrons. The Bertz CT molecular complexity index is 735. The molecule has 126 valence electrons. The molecule has 1 aliphatic rings. The lowest BCUT2D eigenvalue weighted by atomic mass is 9.93. The van der Waals surface area contributed by atoms with Gasteiger partial charge in [0, 0.05) is 19.5 Å². The van der Waals surface area contributed by atoms with Crippen molar-refractivity contribution >= 4 is 22.6 Å². The van der Waals surface area contributed by atoms with Gasteiger partial charge in [0.2, 0.25) is 5.91 Å². The van der Waals surface area contributed by atoms with E-state index in [1.165, 1.54) is 0 Å². The highest BCUT2D eigenvalue weighted by Gasteiger charge is 2.24. The zero-order valence-electron chi connectivity index (χ0n) is 13.8. The van der Waals surface area contributed by atoms with E-state index >= 15 is 0 Å². The Hall–Kier alpha value is -2.36. The highest BCUT2D eigenvalue weighted by Crippen LogP contribution is 2.23. The van der Waals surface area contributed by atoms with Gasteiger partial charge < -0.3 is 10.0 Å². The molecule has 1 amide bonds. The number of piperidine rings is 1. The first-order valence-corrected chi connectivity index (χ1v) is 8.59. The molecule has 0 bridgehead atoms. The van der Waals surface area contributed by atoms with Crippen LogP contribution in [0.5, 0.6) is 0 Å². The third-order valence-corrected chi connectivity index (χ3v) is 4.86. The fourth-order valence-electron chi connectivity index (χ4n) is 3.58. The van der Waals surface area contributed by atoms with Crippen molar-refractivity contribution in [2.75, 3.05) is 13.1 Å². The van der Waals surface area contributed by atoms with Gasteiger partial charge in [-0.3, -0.25) is 9.59 Å². The number of benzene rings is 2. The van der Waals surface area contributed by atoms with Crippen molar-refractivity contribution in [2.24, 2.45) is 5.92 Å². The molecular weight excluding hydrogens is 302 g/mol. The lowest BCUT2D eigenvalue weighted by molar-refractivity contribution is -0.137. The molecule has 0 saturated carbocycles. The summed E-state index contributed by atoms with van der Waals surface area (Å²) in [5, 5.41) is 11.1. The summed E-state index contributed by atoms with van der Waals surface area (Å²) in [6, 6.07) is 14.2. The highest BCUT2D eigenvalue weighted by atomic mass is 16.4.